The van der Waals surface area contributed by atoms with Gasteiger partial charge in [0.25, 0.3) is 10.0 Å². The number of methoxy groups -OCH3 is 1. The van der Waals surface area contributed by atoms with Gasteiger partial charge in [-0.1, -0.05) is 18.2 Å². The lowest BCUT2D eigenvalue weighted by Gasteiger charge is -2.19. The van der Waals surface area contributed by atoms with Gasteiger partial charge in [0.05, 0.1) is 23.0 Å². The molecule has 0 atom stereocenters. The van der Waals surface area contributed by atoms with Gasteiger partial charge in [-0.05, 0) is 36.4 Å². The quantitative estimate of drug-likeness (QED) is 0.441. The molecule has 10 heteroatoms. The van der Waals surface area contributed by atoms with Crippen LogP contribution in [0.15, 0.2) is 71.6 Å². The van der Waals surface area contributed by atoms with E-state index in [2.05, 4.69) is 20.0 Å². The average Bonchev–Trinajstić information content (AvgIpc) is 2.84. The van der Waals surface area contributed by atoms with Crippen LogP contribution in [0, 0.1) is 0 Å². The summed E-state index contributed by atoms with van der Waals surface area (Å²) in [5.41, 5.74) is 1.68. The molecule has 0 unspecified atom stereocenters. The van der Waals surface area contributed by atoms with Crippen LogP contribution < -0.4 is 24.2 Å². The Labute approximate surface area is 190 Å². The lowest BCUT2D eigenvalue weighted by molar-refractivity contribution is 0.171. The predicted molar refractivity (Wildman–Crippen MR) is 124 cm³/mol. The highest BCUT2D eigenvalue weighted by Gasteiger charge is 2.20. The van der Waals surface area contributed by atoms with Crippen molar-refractivity contribution in [3.05, 3.63) is 66.7 Å². The second-order valence-electron chi connectivity index (χ2n) is 7.18. The van der Waals surface area contributed by atoms with Gasteiger partial charge in [0.15, 0.2) is 23.1 Å². The van der Waals surface area contributed by atoms with Crippen molar-refractivity contribution in [2.75, 3.05) is 30.4 Å². The summed E-state index contributed by atoms with van der Waals surface area (Å²) in [7, 11) is -2.33. The molecule has 0 aliphatic carbocycles. The SMILES string of the molecule is COc1ccc2nc(NS(=O)(=O)c3ccccc3)c(Nc3ccc4c(c3)OCCO4)nc2c1. The molecule has 168 valence electrons. The Morgan fingerprint density at radius 3 is 2.39 bits per heavy atom. The number of benzene rings is 3. The van der Waals surface area contributed by atoms with Gasteiger partial charge >= 0.3 is 0 Å². The van der Waals surface area contributed by atoms with Crippen LogP contribution in [0.2, 0.25) is 0 Å². The van der Waals surface area contributed by atoms with E-state index in [0.717, 1.165) is 0 Å². The number of nitrogens with zero attached hydrogens (tertiary/aromatic N) is 2. The summed E-state index contributed by atoms with van der Waals surface area (Å²) in [4.78, 5) is 9.25. The molecule has 4 aromatic rings. The fourth-order valence-corrected chi connectivity index (χ4v) is 4.39. The molecule has 0 fully saturated rings. The number of nitrogens with one attached hydrogen (secondary N) is 2. The molecule has 1 aromatic heterocycles. The van der Waals surface area contributed by atoms with E-state index < -0.39 is 10.0 Å². The van der Waals surface area contributed by atoms with Crippen molar-refractivity contribution in [2.45, 2.75) is 4.90 Å². The Hall–Kier alpha value is -4.05. The van der Waals surface area contributed by atoms with Crippen LogP contribution in [-0.2, 0) is 10.0 Å². The number of rotatable bonds is 6. The lowest BCUT2D eigenvalue weighted by atomic mass is 10.2. The highest BCUT2D eigenvalue weighted by atomic mass is 32.2. The Kier molecular flexibility index (Phi) is 5.35. The number of hydrogen-bond donors (Lipinski definition) is 2. The second-order valence-corrected chi connectivity index (χ2v) is 8.86. The molecule has 0 spiro atoms. The normalized spacial score (nSPS) is 12.9. The minimum atomic E-state index is -3.89. The smallest absolute Gasteiger partial charge is 0.263 e. The van der Waals surface area contributed by atoms with E-state index in [4.69, 9.17) is 14.2 Å². The highest BCUT2D eigenvalue weighted by molar-refractivity contribution is 7.92. The van der Waals surface area contributed by atoms with Crippen molar-refractivity contribution in [3.63, 3.8) is 0 Å². The molecular formula is C23H20N4O5S. The van der Waals surface area contributed by atoms with E-state index in [-0.39, 0.29) is 16.5 Å². The van der Waals surface area contributed by atoms with E-state index >= 15 is 0 Å². The number of hydrogen-bond acceptors (Lipinski definition) is 8. The van der Waals surface area contributed by atoms with Crippen molar-refractivity contribution >= 4 is 38.4 Å². The molecule has 2 N–H and O–H groups in total. The molecule has 3 aromatic carbocycles. The molecule has 0 radical (unpaired) electrons. The fraction of sp³-hybridized carbons (Fsp3) is 0.130. The van der Waals surface area contributed by atoms with Gasteiger partial charge in [-0.15, -0.1) is 0 Å². The van der Waals surface area contributed by atoms with Crippen molar-refractivity contribution in [2.24, 2.45) is 0 Å². The minimum Gasteiger partial charge on any atom is -0.497 e. The Morgan fingerprint density at radius 2 is 1.61 bits per heavy atom. The van der Waals surface area contributed by atoms with Crippen LogP contribution in [0.3, 0.4) is 0 Å². The summed E-state index contributed by atoms with van der Waals surface area (Å²) in [6.07, 6.45) is 0. The molecule has 2 heterocycles. The maximum atomic E-state index is 13.0. The van der Waals surface area contributed by atoms with Crippen molar-refractivity contribution in [3.8, 4) is 17.2 Å². The van der Waals surface area contributed by atoms with Gasteiger partial charge in [0.2, 0.25) is 0 Å². The molecule has 9 nitrogen and oxygen atoms in total. The van der Waals surface area contributed by atoms with Crippen LogP contribution >= 0.6 is 0 Å². The first-order valence-corrected chi connectivity index (χ1v) is 11.6. The number of fused-ring (bicyclic) bond motifs is 2. The molecule has 5 rings (SSSR count). The first kappa shape index (κ1) is 20.8. The number of ether oxygens (including phenoxy) is 3. The topological polar surface area (TPSA) is 112 Å². The van der Waals surface area contributed by atoms with Crippen LogP contribution in [-0.4, -0.2) is 38.7 Å². The van der Waals surface area contributed by atoms with E-state index in [0.29, 0.717) is 47.2 Å². The van der Waals surface area contributed by atoms with Gasteiger partial charge in [0, 0.05) is 17.8 Å². The summed E-state index contributed by atoms with van der Waals surface area (Å²) < 4.78 is 45.0. The molecule has 33 heavy (non-hydrogen) atoms. The van der Waals surface area contributed by atoms with Crippen LogP contribution in [0.5, 0.6) is 17.2 Å². The molecule has 0 amide bonds. The fourth-order valence-electron chi connectivity index (χ4n) is 3.36. The predicted octanol–water partition coefficient (Wildman–Crippen LogP) is 3.95. The number of aromatic nitrogens is 2. The summed E-state index contributed by atoms with van der Waals surface area (Å²) in [6, 6.07) is 18.6. The molecule has 1 aliphatic heterocycles. The molecular weight excluding hydrogens is 444 g/mol. The van der Waals surface area contributed by atoms with Crippen molar-refractivity contribution in [1.82, 2.24) is 9.97 Å². The third-order valence-electron chi connectivity index (χ3n) is 4.96. The number of sulfonamides is 1. The molecule has 1 aliphatic rings. The first-order valence-electron chi connectivity index (χ1n) is 10.1. The number of anilines is 3. The molecule has 0 bridgehead atoms. The average molecular weight is 465 g/mol. The third kappa shape index (κ3) is 4.33. The van der Waals surface area contributed by atoms with E-state index in [1.165, 1.54) is 12.1 Å². The molecule has 0 saturated carbocycles. The molecule has 0 saturated heterocycles. The maximum Gasteiger partial charge on any atom is 0.263 e. The van der Waals surface area contributed by atoms with Gasteiger partial charge in [-0.3, -0.25) is 4.72 Å². The summed E-state index contributed by atoms with van der Waals surface area (Å²) in [5, 5.41) is 3.15. The zero-order valence-corrected chi connectivity index (χ0v) is 18.4. The van der Waals surface area contributed by atoms with E-state index in [1.54, 1.807) is 61.7 Å². The maximum absolute atomic E-state index is 13.0. The van der Waals surface area contributed by atoms with Crippen LogP contribution in [0.4, 0.5) is 17.3 Å². The van der Waals surface area contributed by atoms with E-state index in [1.807, 2.05) is 0 Å². The van der Waals surface area contributed by atoms with Crippen molar-refractivity contribution < 1.29 is 22.6 Å². The van der Waals surface area contributed by atoms with Gasteiger partial charge < -0.3 is 19.5 Å². The van der Waals surface area contributed by atoms with Gasteiger partial charge in [0.1, 0.15) is 19.0 Å². The summed E-state index contributed by atoms with van der Waals surface area (Å²) >= 11 is 0. The standard InChI is InChI=1S/C23H20N4O5S/c1-30-16-8-9-18-19(14-16)26-22(24-15-7-10-20-21(13-15)32-12-11-31-20)23(25-18)27-33(28,29)17-5-3-2-4-6-17/h2-10,13-14H,11-12H2,1H3,(H,24,26)(H,25,27). The summed E-state index contributed by atoms with van der Waals surface area (Å²) in [5.74, 6) is 2.14. The third-order valence-corrected chi connectivity index (χ3v) is 6.32. The monoisotopic (exact) mass is 464 g/mol. The van der Waals surface area contributed by atoms with Crippen molar-refractivity contribution in [1.29, 1.82) is 0 Å². The Bertz CT molecular complexity index is 1430. The Morgan fingerprint density at radius 1 is 0.848 bits per heavy atom. The van der Waals surface area contributed by atoms with Crippen LogP contribution in [0.25, 0.3) is 11.0 Å². The van der Waals surface area contributed by atoms with Gasteiger partial charge in [-0.25, -0.2) is 18.4 Å². The van der Waals surface area contributed by atoms with Crippen LogP contribution in [0.1, 0.15) is 0 Å². The zero-order chi connectivity index (χ0) is 22.8. The highest BCUT2D eigenvalue weighted by Crippen LogP contribution is 2.35. The minimum absolute atomic E-state index is 0.0615. The first-order chi connectivity index (χ1) is 16.0. The largest absolute Gasteiger partial charge is 0.497 e. The summed E-state index contributed by atoms with van der Waals surface area (Å²) in [6.45, 7) is 0.942. The second kappa shape index (κ2) is 8.47. The van der Waals surface area contributed by atoms with E-state index in [9.17, 15) is 8.42 Å². The Balaban J connectivity index is 1.57. The lowest BCUT2D eigenvalue weighted by Crippen LogP contribution is -2.16. The zero-order valence-electron chi connectivity index (χ0n) is 17.6. The van der Waals surface area contributed by atoms with Gasteiger partial charge in [-0.2, -0.15) is 0 Å².